The van der Waals surface area contributed by atoms with Gasteiger partial charge in [-0.05, 0) is 18.2 Å². The van der Waals surface area contributed by atoms with Gasteiger partial charge >= 0.3 is 0 Å². The third-order valence-corrected chi connectivity index (χ3v) is 5.23. The lowest BCUT2D eigenvalue weighted by molar-refractivity contribution is -0.0660. The van der Waals surface area contributed by atoms with E-state index < -0.39 is 0 Å². The largest absolute Gasteiger partial charge is 0.378 e. The molecule has 5 rings (SSSR count). The van der Waals surface area contributed by atoms with Crippen molar-refractivity contribution in [3.05, 3.63) is 48.9 Å². The number of hydrogen-bond donors (Lipinski definition) is 1. The van der Waals surface area contributed by atoms with Gasteiger partial charge in [0.2, 0.25) is 5.95 Å². The zero-order valence-corrected chi connectivity index (χ0v) is 15.8. The Kier molecular flexibility index (Phi) is 4.78. The zero-order chi connectivity index (χ0) is 19.6. The van der Waals surface area contributed by atoms with Crippen molar-refractivity contribution in [2.24, 2.45) is 0 Å². The first-order chi connectivity index (χ1) is 14.2. The van der Waals surface area contributed by atoms with Gasteiger partial charge in [0.05, 0.1) is 25.5 Å². The lowest BCUT2D eigenvalue weighted by Gasteiger charge is -2.43. The Labute approximate surface area is 167 Å². The molecule has 150 valence electrons. The molecule has 2 saturated heterocycles. The van der Waals surface area contributed by atoms with Crippen LogP contribution < -0.4 is 10.2 Å². The number of nitrogens with zero attached hydrogens (tertiary/aromatic N) is 7. The van der Waals surface area contributed by atoms with Gasteiger partial charge in [-0.15, -0.1) is 5.10 Å². The van der Waals surface area contributed by atoms with E-state index in [1.807, 2.05) is 6.07 Å². The summed E-state index contributed by atoms with van der Waals surface area (Å²) in [5, 5.41) is 7.40. The standard InChI is InChI=1S/C19H21FN8O/c20-14-7-15(24-19-23-13-28(25-19)18-10-21-1-2-22-18)9-16(8-14)26-3-5-27(6-4-26)17-11-29-12-17/h1-2,7-10,13,17H,3-6,11-12H2,(H,24,25). The van der Waals surface area contributed by atoms with Crippen molar-refractivity contribution >= 4 is 17.3 Å². The quantitative estimate of drug-likeness (QED) is 0.694. The van der Waals surface area contributed by atoms with Crippen LogP contribution in [0.5, 0.6) is 0 Å². The fraction of sp³-hybridized carbons (Fsp3) is 0.368. The summed E-state index contributed by atoms with van der Waals surface area (Å²) in [5.74, 6) is 0.623. The first-order valence-electron chi connectivity index (χ1n) is 9.57. The van der Waals surface area contributed by atoms with Crippen LogP contribution in [0.25, 0.3) is 5.82 Å². The fourth-order valence-corrected chi connectivity index (χ4v) is 3.58. The molecule has 0 saturated carbocycles. The second kappa shape index (κ2) is 7.72. The van der Waals surface area contributed by atoms with Crippen molar-refractivity contribution in [2.45, 2.75) is 6.04 Å². The van der Waals surface area contributed by atoms with Crippen molar-refractivity contribution < 1.29 is 9.13 Å². The van der Waals surface area contributed by atoms with Crippen LogP contribution >= 0.6 is 0 Å². The molecule has 2 aromatic heterocycles. The average Bonchev–Trinajstić information content (AvgIpc) is 3.16. The van der Waals surface area contributed by atoms with E-state index in [1.54, 1.807) is 24.7 Å². The molecule has 2 fully saturated rings. The number of nitrogens with one attached hydrogen (secondary N) is 1. The minimum absolute atomic E-state index is 0.298. The fourth-order valence-electron chi connectivity index (χ4n) is 3.58. The van der Waals surface area contributed by atoms with Crippen LogP contribution in [-0.2, 0) is 4.74 Å². The van der Waals surface area contributed by atoms with E-state index in [-0.39, 0.29) is 5.82 Å². The number of anilines is 3. The van der Waals surface area contributed by atoms with Crippen LogP contribution in [0.4, 0.5) is 21.7 Å². The molecule has 0 radical (unpaired) electrons. The van der Waals surface area contributed by atoms with Crippen molar-refractivity contribution in [3.63, 3.8) is 0 Å². The molecule has 0 spiro atoms. The molecule has 1 aromatic carbocycles. The number of ether oxygens (including phenoxy) is 1. The highest BCUT2D eigenvalue weighted by atomic mass is 19.1. The number of rotatable bonds is 5. The van der Waals surface area contributed by atoms with Gasteiger partial charge in [-0.3, -0.25) is 9.88 Å². The lowest BCUT2D eigenvalue weighted by Crippen LogP contribution is -2.56. The molecule has 2 aliphatic rings. The summed E-state index contributed by atoms with van der Waals surface area (Å²) in [4.78, 5) is 17.1. The Morgan fingerprint density at radius 1 is 1.03 bits per heavy atom. The summed E-state index contributed by atoms with van der Waals surface area (Å²) in [6.07, 6.45) is 6.30. The molecule has 9 nitrogen and oxygen atoms in total. The highest BCUT2D eigenvalue weighted by Crippen LogP contribution is 2.25. The van der Waals surface area contributed by atoms with Crippen LogP contribution in [0, 0.1) is 5.82 Å². The number of hydrogen-bond acceptors (Lipinski definition) is 8. The van der Waals surface area contributed by atoms with E-state index in [0.29, 0.717) is 23.5 Å². The van der Waals surface area contributed by atoms with Gasteiger partial charge in [-0.1, -0.05) is 0 Å². The minimum Gasteiger partial charge on any atom is -0.378 e. The maximum atomic E-state index is 14.3. The summed E-state index contributed by atoms with van der Waals surface area (Å²) >= 11 is 0. The summed E-state index contributed by atoms with van der Waals surface area (Å²) in [6.45, 7) is 5.27. The molecule has 4 heterocycles. The first-order valence-corrected chi connectivity index (χ1v) is 9.57. The first kappa shape index (κ1) is 18.0. The molecule has 0 bridgehead atoms. The lowest BCUT2D eigenvalue weighted by atomic mass is 10.1. The zero-order valence-electron chi connectivity index (χ0n) is 15.8. The van der Waals surface area contributed by atoms with Gasteiger partial charge < -0.3 is 15.0 Å². The van der Waals surface area contributed by atoms with Crippen molar-refractivity contribution in [1.29, 1.82) is 0 Å². The second-order valence-corrected chi connectivity index (χ2v) is 7.11. The van der Waals surface area contributed by atoms with E-state index in [2.05, 4.69) is 35.2 Å². The van der Waals surface area contributed by atoms with Crippen LogP contribution in [0.2, 0.25) is 0 Å². The molecule has 0 aliphatic carbocycles. The highest BCUT2D eigenvalue weighted by Gasteiger charge is 2.29. The summed E-state index contributed by atoms with van der Waals surface area (Å²) in [5.41, 5.74) is 1.46. The summed E-state index contributed by atoms with van der Waals surface area (Å²) in [6, 6.07) is 5.47. The molecule has 10 heteroatoms. The topological polar surface area (TPSA) is 84.2 Å². The molecule has 0 unspecified atom stereocenters. The molecular formula is C19H21FN8O. The highest BCUT2D eigenvalue weighted by molar-refractivity contribution is 5.62. The van der Waals surface area contributed by atoms with Crippen molar-refractivity contribution in [3.8, 4) is 5.82 Å². The van der Waals surface area contributed by atoms with Crippen LogP contribution in [0.15, 0.2) is 43.1 Å². The molecule has 3 aromatic rings. The Balaban J connectivity index is 1.28. The van der Waals surface area contributed by atoms with Gasteiger partial charge in [0.25, 0.3) is 0 Å². The Hall–Kier alpha value is -3.11. The third kappa shape index (κ3) is 3.89. The van der Waals surface area contributed by atoms with Gasteiger partial charge in [0.1, 0.15) is 12.1 Å². The summed E-state index contributed by atoms with van der Waals surface area (Å²) in [7, 11) is 0. The van der Waals surface area contributed by atoms with Crippen molar-refractivity contribution in [2.75, 3.05) is 49.6 Å². The number of halogens is 1. The predicted octanol–water partition coefficient (Wildman–Crippen LogP) is 1.46. The van der Waals surface area contributed by atoms with Gasteiger partial charge in [0, 0.05) is 49.9 Å². The molecular weight excluding hydrogens is 375 g/mol. The molecule has 29 heavy (non-hydrogen) atoms. The van der Waals surface area contributed by atoms with E-state index in [9.17, 15) is 4.39 Å². The number of benzene rings is 1. The molecule has 0 amide bonds. The maximum Gasteiger partial charge on any atom is 0.247 e. The van der Waals surface area contributed by atoms with Crippen LogP contribution in [-0.4, -0.2) is 75.1 Å². The Morgan fingerprint density at radius 2 is 1.90 bits per heavy atom. The van der Waals surface area contributed by atoms with E-state index in [4.69, 9.17) is 4.74 Å². The van der Waals surface area contributed by atoms with Gasteiger partial charge in [-0.2, -0.15) is 9.67 Å². The number of aromatic nitrogens is 5. The third-order valence-electron chi connectivity index (χ3n) is 5.23. The Bertz CT molecular complexity index is 969. The van der Waals surface area contributed by atoms with E-state index >= 15 is 0 Å². The van der Waals surface area contributed by atoms with Crippen molar-refractivity contribution in [1.82, 2.24) is 29.6 Å². The van der Waals surface area contributed by atoms with E-state index in [0.717, 1.165) is 45.1 Å². The summed E-state index contributed by atoms with van der Waals surface area (Å²) < 4.78 is 21.1. The van der Waals surface area contributed by atoms with Crippen LogP contribution in [0.3, 0.4) is 0 Å². The molecule has 1 N–H and O–H groups in total. The maximum absolute atomic E-state index is 14.3. The Morgan fingerprint density at radius 3 is 2.62 bits per heavy atom. The SMILES string of the molecule is Fc1cc(Nc2ncn(-c3cnccn3)n2)cc(N2CCN(C3COC3)CC2)c1. The van der Waals surface area contributed by atoms with E-state index in [1.165, 1.54) is 17.1 Å². The van der Waals surface area contributed by atoms with Gasteiger partial charge in [-0.25, -0.2) is 9.37 Å². The number of piperazine rings is 1. The van der Waals surface area contributed by atoms with Gasteiger partial charge in [0.15, 0.2) is 5.82 Å². The second-order valence-electron chi connectivity index (χ2n) is 7.11. The minimum atomic E-state index is -0.298. The predicted molar refractivity (Wildman–Crippen MR) is 105 cm³/mol. The monoisotopic (exact) mass is 396 g/mol. The smallest absolute Gasteiger partial charge is 0.247 e. The average molecular weight is 396 g/mol. The van der Waals surface area contributed by atoms with Crippen LogP contribution in [0.1, 0.15) is 0 Å². The molecule has 0 atom stereocenters. The normalized spacial score (nSPS) is 17.9. The molecule has 2 aliphatic heterocycles.